The molecule has 0 spiro atoms. The molecule has 28 heavy (non-hydrogen) atoms. The number of phenols is 1. The lowest BCUT2D eigenvalue weighted by Gasteiger charge is -2.16. The van der Waals surface area contributed by atoms with Gasteiger partial charge in [0, 0.05) is 12.1 Å². The van der Waals surface area contributed by atoms with Crippen LogP contribution in [0.4, 0.5) is 0 Å². The molecule has 0 bridgehead atoms. The first-order chi connectivity index (χ1) is 13.5. The van der Waals surface area contributed by atoms with Gasteiger partial charge in [0.25, 0.3) is 5.56 Å². The van der Waals surface area contributed by atoms with Crippen LogP contribution in [0.1, 0.15) is 18.1 Å². The Morgan fingerprint density at radius 3 is 2.29 bits per heavy atom. The highest BCUT2D eigenvalue weighted by Gasteiger charge is 2.15. The number of pyridine rings is 1. The number of aryl methyl sites for hydroxylation is 3. The van der Waals surface area contributed by atoms with Gasteiger partial charge in [0.15, 0.2) is 0 Å². The minimum atomic E-state index is -0.0774. The largest absolute Gasteiger partial charge is 0.507 e. The summed E-state index contributed by atoms with van der Waals surface area (Å²) in [5.41, 5.74) is 6.21. The van der Waals surface area contributed by atoms with E-state index < -0.39 is 0 Å². The van der Waals surface area contributed by atoms with E-state index in [1.807, 2.05) is 61.5 Å². The van der Waals surface area contributed by atoms with Gasteiger partial charge in [0.1, 0.15) is 5.75 Å². The van der Waals surface area contributed by atoms with Crippen molar-refractivity contribution < 1.29 is 5.11 Å². The number of benzene rings is 3. The molecule has 140 valence electrons. The third-order valence-corrected chi connectivity index (χ3v) is 5.49. The zero-order valence-corrected chi connectivity index (χ0v) is 16.4. The van der Waals surface area contributed by atoms with E-state index in [2.05, 4.69) is 19.9 Å². The molecule has 4 rings (SSSR count). The Balaban J connectivity index is 1.94. The number of rotatable bonds is 3. The monoisotopic (exact) mass is 369 g/mol. The predicted molar refractivity (Wildman–Crippen MR) is 116 cm³/mol. The summed E-state index contributed by atoms with van der Waals surface area (Å²) >= 11 is 0. The van der Waals surface area contributed by atoms with Crippen LogP contribution < -0.4 is 5.56 Å². The molecule has 0 saturated heterocycles. The second-order valence-electron chi connectivity index (χ2n) is 7.15. The number of phenolic OH excluding ortho intramolecular Hbond substituents is 1. The fourth-order valence-corrected chi connectivity index (χ4v) is 3.83. The van der Waals surface area contributed by atoms with Crippen molar-refractivity contribution in [3.8, 4) is 28.0 Å². The van der Waals surface area contributed by atoms with Crippen LogP contribution in [0.2, 0.25) is 0 Å². The van der Waals surface area contributed by atoms with Gasteiger partial charge in [-0.05, 0) is 66.6 Å². The summed E-state index contributed by atoms with van der Waals surface area (Å²) in [6.45, 7) is 6.66. The van der Waals surface area contributed by atoms with Crippen LogP contribution in [0.5, 0.6) is 5.75 Å². The molecule has 1 N–H and O–H groups in total. The number of nitrogens with zero attached hydrogens (tertiary/aromatic N) is 1. The molecule has 1 aromatic heterocycles. The van der Waals surface area contributed by atoms with Gasteiger partial charge in [-0.1, -0.05) is 48.5 Å². The number of hydrogen-bond acceptors (Lipinski definition) is 2. The highest BCUT2D eigenvalue weighted by molar-refractivity contribution is 5.88. The summed E-state index contributed by atoms with van der Waals surface area (Å²) in [7, 11) is 0. The minimum absolute atomic E-state index is 0.0774. The van der Waals surface area contributed by atoms with Crippen molar-refractivity contribution in [2.75, 3.05) is 0 Å². The van der Waals surface area contributed by atoms with E-state index in [-0.39, 0.29) is 11.3 Å². The summed E-state index contributed by atoms with van der Waals surface area (Å²) < 4.78 is 1.80. The molecule has 3 nitrogen and oxygen atoms in total. The summed E-state index contributed by atoms with van der Waals surface area (Å²) in [4.78, 5) is 13.2. The van der Waals surface area contributed by atoms with E-state index >= 15 is 0 Å². The van der Waals surface area contributed by atoms with Crippen molar-refractivity contribution in [2.45, 2.75) is 27.3 Å². The van der Waals surface area contributed by atoms with Crippen molar-refractivity contribution in [3.63, 3.8) is 0 Å². The van der Waals surface area contributed by atoms with Crippen LogP contribution in [-0.2, 0) is 6.54 Å². The standard InChI is InChI=1S/C25H23NO2/c1-4-26-24-17(3)16(2)10-11-20(24)14-22(25(26)28)21-13-12-19(15-23(21)27)18-8-6-5-7-9-18/h5-15,27H,4H2,1-3H3. The average Bonchev–Trinajstić information content (AvgIpc) is 2.71. The lowest BCUT2D eigenvalue weighted by Crippen LogP contribution is -2.22. The molecular formula is C25H23NO2. The van der Waals surface area contributed by atoms with E-state index in [0.717, 1.165) is 33.2 Å². The first-order valence-electron chi connectivity index (χ1n) is 9.54. The molecule has 3 aromatic carbocycles. The molecule has 0 aliphatic rings. The zero-order chi connectivity index (χ0) is 19.8. The van der Waals surface area contributed by atoms with Gasteiger partial charge in [0.05, 0.1) is 11.1 Å². The first kappa shape index (κ1) is 18.1. The summed E-state index contributed by atoms with van der Waals surface area (Å²) in [5, 5.41) is 11.7. The van der Waals surface area contributed by atoms with Gasteiger partial charge < -0.3 is 9.67 Å². The van der Waals surface area contributed by atoms with Gasteiger partial charge in [-0.2, -0.15) is 0 Å². The van der Waals surface area contributed by atoms with Gasteiger partial charge in [-0.15, -0.1) is 0 Å². The topological polar surface area (TPSA) is 42.2 Å². The molecule has 0 unspecified atom stereocenters. The molecular weight excluding hydrogens is 346 g/mol. The Bertz CT molecular complexity index is 1240. The molecule has 1 heterocycles. The van der Waals surface area contributed by atoms with Crippen molar-refractivity contribution in [3.05, 3.63) is 88.2 Å². The van der Waals surface area contributed by atoms with Gasteiger partial charge >= 0.3 is 0 Å². The molecule has 3 heteroatoms. The highest BCUT2D eigenvalue weighted by atomic mass is 16.3. The quantitative estimate of drug-likeness (QED) is 0.505. The highest BCUT2D eigenvalue weighted by Crippen LogP contribution is 2.33. The second kappa shape index (κ2) is 7.01. The molecule has 0 radical (unpaired) electrons. The van der Waals surface area contributed by atoms with Gasteiger partial charge in [-0.3, -0.25) is 4.79 Å². The molecule has 0 saturated carbocycles. The van der Waals surface area contributed by atoms with Gasteiger partial charge in [-0.25, -0.2) is 0 Å². The summed E-state index contributed by atoms with van der Waals surface area (Å²) in [6.07, 6.45) is 0. The normalized spacial score (nSPS) is 11.1. The SMILES string of the molecule is CCn1c(=O)c(-c2ccc(-c3ccccc3)cc2O)cc2ccc(C)c(C)c21. The van der Waals surface area contributed by atoms with Crippen LogP contribution in [-0.4, -0.2) is 9.67 Å². The third kappa shape index (κ3) is 2.89. The van der Waals surface area contributed by atoms with Crippen LogP contribution in [0.15, 0.2) is 71.5 Å². The molecule has 0 aliphatic heterocycles. The Labute approximate surface area is 164 Å². The maximum Gasteiger partial charge on any atom is 0.259 e. The number of hydrogen-bond donors (Lipinski definition) is 1. The van der Waals surface area contributed by atoms with E-state index in [4.69, 9.17) is 0 Å². The van der Waals surface area contributed by atoms with E-state index in [1.54, 1.807) is 10.6 Å². The number of aromatic nitrogens is 1. The summed E-state index contributed by atoms with van der Waals surface area (Å²) in [6, 6.07) is 21.4. The lowest BCUT2D eigenvalue weighted by atomic mass is 9.97. The Morgan fingerprint density at radius 2 is 1.61 bits per heavy atom. The van der Waals surface area contributed by atoms with Crippen molar-refractivity contribution >= 4 is 10.9 Å². The fourth-order valence-electron chi connectivity index (χ4n) is 3.83. The maximum absolute atomic E-state index is 13.2. The third-order valence-electron chi connectivity index (χ3n) is 5.49. The van der Waals surface area contributed by atoms with E-state index in [0.29, 0.717) is 17.7 Å². The maximum atomic E-state index is 13.2. The van der Waals surface area contributed by atoms with E-state index in [1.165, 1.54) is 0 Å². The smallest absolute Gasteiger partial charge is 0.259 e. The zero-order valence-electron chi connectivity index (χ0n) is 16.4. The minimum Gasteiger partial charge on any atom is -0.507 e. The Kier molecular flexibility index (Phi) is 4.52. The van der Waals surface area contributed by atoms with Crippen LogP contribution >= 0.6 is 0 Å². The molecule has 0 amide bonds. The van der Waals surface area contributed by atoms with Crippen molar-refractivity contribution in [2.24, 2.45) is 0 Å². The number of aromatic hydroxyl groups is 1. The summed E-state index contributed by atoms with van der Waals surface area (Å²) in [5.74, 6) is 0.115. The van der Waals surface area contributed by atoms with Crippen molar-refractivity contribution in [1.29, 1.82) is 0 Å². The predicted octanol–water partition coefficient (Wildman–Crippen LogP) is 5.68. The molecule has 0 fully saturated rings. The van der Waals surface area contributed by atoms with E-state index in [9.17, 15) is 9.90 Å². The van der Waals surface area contributed by atoms with Gasteiger partial charge in [0.2, 0.25) is 0 Å². The first-order valence-corrected chi connectivity index (χ1v) is 9.54. The Hall–Kier alpha value is -3.33. The van der Waals surface area contributed by atoms with Crippen LogP contribution in [0, 0.1) is 13.8 Å². The molecule has 0 aliphatic carbocycles. The van der Waals surface area contributed by atoms with Crippen molar-refractivity contribution in [1.82, 2.24) is 4.57 Å². The average molecular weight is 369 g/mol. The Morgan fingerprint density at radius 1 is 0.857 bits per heavy atom. The second-order valence-corrected chi connectivity index (χ2v) is 7.15. The lowest BCUT2D eigenvalue weighted by molar-refractivity contribution is 0.477. The number of fused-ring (bicyclic) bond motifs is 1. The molecule has 4 aromatic rings. The fraction of sp³-hybridized carbons (Fsp3) is 0.160. The van der Waals surface area contributed by atoms with Crippen LogP contribution in [0.25, 0.3) is 33.2 Å². The van der Waals surface area contributed by atoms with Crippen LogP contribution in [0.3, 0.4) is 0 Å². The molecule has 0 atom stereocenters.